The molecule has 210 valence electrons. The predicted octanol–water partition coefficient (Wildman–Crippen LogP) is 4.62. The molecule has 1 aromatic carbocycles. The smallest absolute Gasteiger partial charge is 0.481 e. The standard InChI is InChI=1S/C21H25F3N4O4.C2HF3O/c1-31-20-26-17(13-18(27-20)28-11-3-2-4-15(28)12-19(29)30)25-10-9-14-5-7-16(8-6-14)32-21(22,23)24;3-2(4,5)1-6/h5-8,13,15H,2-4,9-12H2,1H3,(H,29,30)(H,25,26,27);1H. The van der Waals surface area contributed by atoms with Crippen molar-refractivity contribution in [1.82, 2.24) is 9.97 Å². The van der Waals surface area contributed by atoms with Crippen molar-refractivity contribution in [2.45, 2.75) is 50.7 Å². The summed E-state index contributed by atoms with van der Waals surface area (Å²) in [6.07, 6.45) is -7.16. The number of aromatic nitrogens is 2. The Morgan fingerprint density at radius 3 is 2.37 bits per heavy atom. The molecule has 0 aliphatic carbocycles. The molecule has 15 heteroatoms. The zero-order chi connectivity index (χ0) is 28.3. The molecule has 3 rings (SSSR count). The van der Waals surface area contributed by atoms with E-state index in [0.29, 0.717) is 31.1 Å². The van der Waals surface area contributed by atoms with Crippen LogP contribution >= 0.6 is 0 Å². The number of anilines is 2. The number of aldehydes is 1. The van der Waals surface area contributed by atoms with Crippen molar-refractivity contribution in [1.29, 1.82) is 0 Å². The highest BCUT2D eigenvalue weighted by molar-refractivity contribution is 5.68. The highest BCUT2D eigenvalue weighted by Gasteiger charge is 2.31. The van der Waals surface area contributed by atoms with Gasteiger partial charge in [-0.05, 0) is 43.4 Å². The van der Waals surface area contributed by atoms with Crippen LogP contribution in [-0.2, 0) is 16.0 Å². The molecule has 1 unspecified atom stereocenters. The number of ether oxygens (including phenoxy) is 2. The van der Waals surface area contributed by atoms with Crippen LogP contribution in [0.25, 0.3) is 0 Å². The van der Waals surface area contributed by atoms with E-state index < -0.39 is 24.8 Å². The van der Waals surface area contributed by atoms with Gasteiger partial charge in [-0.25, -0.2) is 0 Å². The van der Waals surface area contributed by atoms with Crippen molar-refractivity contribution in [3.63, 3.8) is 0 Å². The SMILES string of the molecule is COc1nc(NCCc2ccc(OC(F)(F)F)cc2)cc(N2CCCCC2CC(=O)O)n1.O=CC(F)(F)F. The van der Waals surface area contributed by atoms with E-state index in [0.717, 1.165) is 24.8 Å². The van der Waals surface area contributed by atoms with Gasteiger partial charge in [0.1, 0.15) is 17.4 Å². The Balaban J connectivity index is 0.000000757. The average molecular weight is 552 g/mol. The number of carboxylic acid groups (broad SMARTS) is 1. The molecule has 1 aliphatic rings. The number of carboxylic acids is 1. The van der Waals surface area contributed by atoms with Gasteiger partial charge in [-0.1, -0.05) is 12.1 Å². The number of aliphatic carboxylic acids is 1. The Morgan fingerprint density at radius 2 is 1.82 bits per heavy atom. The summed E-state index contributed by atoms with van der Waals surface area (Å²) in [6, 6.07) is 7.45. The third-order valence-corrected chi connectivity index (χ3v) is 5.22. The van der Waals surface area contributed by atoms with Crippen molar-refractivity contribution in [3.05, 3.63) is 35.9 Å². The van der Waals surface area contributed by atoms with Gasteiger partial charge in [0.15, 0.2) is 0 Å². The van der Waals surface area contributed by atoms with E-state index in [1.54, 1.807) is 18.2 Å². The molecular formula is C23H26F6N4O5. The van der Waals surface area contributed by atoms with E-state index in [1.165, 1.54) is 19.2 Å². The molecule has 9 nitrogen and oxygen atoms in total. The van der Waals surface area contributed by atoms with E-state index in [2.05, 4.69) is 20.0 Å². The normalized spacial score (nSPS) is 15.7. The second kappa shape index (κ2) is 13.7. The lowest BCUT2D eigenvalue weighted by molar-refractivity contribution is -0.274. The Labute approximate surface area is 213 Å². The first-order valence-corrected chi connectivity index (χ1v) is 11.3. The van der Waals surface area contributed by atoms with Crippen LogP contribution in [0.4, 0.5) is 38.0 Å². The number of methoxy groups -OCH3 is 1. The van der Waals surface area contributed by atoms with Crippen LogP contribution in [0.15, 0.2) is 30.3 Å². The van der Waals surface area contributed by atoms with Crippen molar-refractivity contribution >= 4 is 23.9 Å². The lowest BCUT2D eigenvalue weighted by Gasteiger charge is -2.36. The highest BCUT2D eigenvalue weighted by atomic mass is 19.4. The predicted molar refractivity (Wildman–Crippen MR) is 123 cm³/mol. The van der Waals surface area contributed by atoms with E-state index in [4.69, 9.17) is 9.53 Å². The molecule has 2 aromatic rings. The van der Waals surface area contributed by atoms with Gasteiger partial charge in [0, 0.05) is 25.2 Å². The molecule has 1 atom stereocenters. The monoisotopic (exact) mass is 552 g/mol. The van der Waals surface area contributed by atoms with Gasteiger partial charge >= 0.3 is 24.5 Å². The maximum atomic E-state index is 12.3. The second-order valence-electron chi connectivity index (χ2n) is 8.07. The van der Waals surface area contributed by atoms with Gasteiger partial charge in [-0.15, -0.1) is 13.2 Å². The number of rotatable bonds is 9. The quantitative estimate of drug-likeness (QED) is 0.340. The minimum Gasteiger partial charge on any atom is -0.481 e. The molecule has 1 aromatic heterocycles. The molecule has 1 aliphatic heterocycles. The van der Waals surface area contributed by atoms with Crippen LogP contribution in [0.1, 0.15) is 31.2 Å². The number of hydrogen-bond acceptors (Lipinski definition) is 8. The van der Waals surface area contributed by atoms with Crippen molar-refractivity contribution in [2.75, 3.05) is 30.4 Å². The Kier molecular flexibility index (Phi) is 11.0. The summed E-state index contributed by atoms with van der Waals surface area (Å²) in [5, 5.41) is 12.4. The van der Waals surface area contributed by atoms with Crippen LogP contribution in [0.5, 0.6) is 11.8 Å². The highest BCUT2D eigenvalue weighted by Crippen LogP contribution is 2.28. The summed E-state index contributed by atoms with van der Waals surface area (Å²) in [4.78, 5) is 30.6. The van der Waals surface area contributed by atoms with Gasteiger partial charge in [0.05, 0.1) is 13.5 Å². The van der Waals surface area contributed by atoms with Gasteiger partial charge in [-0.3, -0.25) is 9.59 Å². The molecule has 0 saturated carbocycles. The number of carbonyl (C=O) groups excluding carboxylic acids is 1. The molecule has 0 radical (unpaired) electrons. The number of alkyl halides is 6. The van der Waals surface area contributed by atoms with Crippen LogP contribution in [0, 0.1) is 0 Å². The van der Waals surface area contributed by atoms with Crippen LogP contribution in [-0.4, -0.2) is 66.1 Å². The van der Waals surface area contributed by atoms with Crippen molar-refractivity contribution in [2.24, 2.45) is 0 Å². The molecule has 2 heterocycles. The lowest BCUT2D eigenvalue weighted by Crippen LogP contribution is -2.41. The fourth-order valence-electron chi connectivity index (χ4n) is 3.65. The number of piperidine rings is 1. The van der Waals surface area contributed by atoms with Gasteiger partial charge in [0.25, 0.3) is 0 Å². The Morgan fingerprint density at radius 1 is 1.16 bits per heavy atom. The maximum absolute atomic E-state index is 12.3. The molecule has 0 spiro atoms. The topological polar surface area (TPSA) is 114 Å². The van der Waals surface area contributed by atoms with Crippen molar-refractivity contribution in [3.8, 4) is 11.8 Å². The molecule has 38 heavy (non-hydrogen) atoms. The summed E-state index contributed by atoms with van der Waals surface area (Å²) in [7, 11) is 1.46. The van der Waals surface area contributed by atoms with Gasteiger partial charge < -0.3 is 24.8 Å². The fourth-order valence-corrected chi connectivity index (χ4v) is 3.65. The van der Waals surface area contributed by atoms with Gasteiger partial charge in [-0.2, -0.15) is 23.1 Å². The Bertz CT molecular complexity index is 1050. The number of hydrogen-bond donors (Lipinski definition) is 2. The average Bonchev–Trinajstić information content (AvgIpc) is 2.84. The van der Waals surface area contributed by atoms with Crippen LogP contribution in [0.2, 0.25) is 0 Å². The largest absolute Gasteiger partial charge is 0.573 e. The van der Waals surface area contributed by atoms with Gasteiger partial charge in [0.2, 0.25) is 6.29 Å². The molecule has 0 amide bonds. The maximum Gasteiger partial charge on any atom is 0.573 e. The summed E-state index contributed by atoms with van der Waals surface area (Å²) < 4.78 is 77.1. The third-order valence-electron chi connectivity index (χ3n) is 5.22. The first-order valence-electron chi connectivity index (χ1n) is 11.3. The number of halogens is 6. The third kappa shape index (κ3) is 11.1. The fraction of sp³-hybridized carbons (Fsp3) is 0.478. The van der Waals surface area contributed by atoms with E-state index in [1.807, 2.05) is 4.90 Å². The first kappa shape index (κ1) is 30.4. The zero-order valence-electron chi connectivity index (χ0n) is 20.2. The first-order chi connectivity index (χ1) is 17.8. The number of carbonyl (C=O) groups is 2. The van der Waals surface area contributed by atoms with E-state index >= 15 is 0 Å². The number of nitrogens with zero attached hydrogens (tertiary/aromatic N) is 3. The molecule has 0 bridgehead atoms. The summed E-state index contributed by atoms with van der Waals surface area (Å²) in [6.45, 7) is 1.17. The second-order valence-corrected chi connectivity index (χ2v) is 8.07. The summed E-state index contributed by atoms with van der Waals surface area (Å²) >= 11 is 0. The molecule has 1 saturated heterocycles. The molecular weight excluding hydrogens is 526 g/mol. The van der Waals surface area contributed by atoms with Crippen LogP contribution in [0.3, 0.4) is 0 Å². The lowest BCUT2D eigenvalue weighted by atomic mass is 9.99. The zero-order valence-corrected chi connectivity index (χ0v) is 20.2. The minimum absolute atomic E-state index is 0.0309. The van der Waals surface area contributed by atoms with Crippen molar-refractivity contribution < 1.29 is 50.5 Å². The summed E-state index contributed by atoms with van der Waals surface area (Å²) in [5.74, 6) is -0.00719. The Hall–Kier alpha value is -3.78. The van der Waals surface area contributed by atoms with E-state index in [-0.39, 0.29) is 24.2 Å². The number of benzene rings is 1. The number of nitrogens with one attached hydrogen (secondary N) is 1. The molecule has 2 N–H and O–H groups in total. The minimum atomic E-state index is -4.72. The summed E-state index contributed by atoms with van der Waals surface area (Å²) in [5.41, 5.74) is 0.825. The van der Waals surface area contributed by atoms with Crippen LogP contribution < -0.4 is 19.7 Å². The molecule has 1 fully saturated rings. The van der Waals surface area contributed by atoms with E-state index in [9.17, 15) is 36.2 Å².